The second-order valence-electron chi connectivity index (χ2n) is 4.33. The van der Waals surface area contributed by atoms with Crippen LogP contribution in [0, 0.1) is 0 Å². The second-order valence-corrected chi connectivity index (χ2v) is 4.33. The van der Waals surface area contributed by atoms with Gasteiger partial charge in [-0.25, -0.2) is 14.2 Å². The van der Waals surface area contributed by atoms with Crippen molar-refractivity contribution < 1.29 is 34.4 Å². The van der Waals surface area contributed by atoms with E-state index < -0.39 is 58.6 Å². The Hall–Kier alpha value is -3.05. The number of aliphatic hydroxyl groups is 2. The highest BCUT2D eigenvalue weighted by atomic mass is 16.5. The van der Waals surface area contributed by atoms with Gasteiger partial charge in [0.15, 0.2) is 11.9 Å². The maximum Gasteiger partial charge on any atom is 0.339 e. The molecule has 0 bridgehead atoms. The third kappa shape index (κ3) is 2.69. The molecule has 23 heavy (non-hydrogen) atoms. The zero-order chi connectivity index (χ0) is 17.3. The maximum absolute atomic E-state index is 11.8. The summed E-state index contributed by atoms with van der Waals surface area (Å²) in [5, 5.41) is 37.9. The zero-order valence-electron chi connectivity index (χ0n) is 11.6. The van der Waals surface area contributed by atoms with Crippen LogP contribution < -0.4 is 11.2 Å². The van der Waals surface area contributed by atoms with Crippen LogP contribution in [0.2, 0.25) is 0 Å². The van der Waals surface area contributed by atoms with E-state index in [9.17, 15) is 29.7 Å². The molecule has 124 valence electrons. The van der Waals surface area contributed by atoms with Crippen LogP contribution in [-0.2, 0) is 16.1 Å². The summed E-state index contributed by atoms with van der Waals surface area (Å²) in [5.41, 5.74) is -2.69. The molecule has 1 atom stereocenters. The fourth-order valence-corrected chi connectivity index (χ4v) is 1.79. The molecule has 2 aromatic heterocycles. The van der Waals surface area contributed by atoms with Crippen molar-refractivity contribution in [2.75, 3.05) is 7.11 Å². The number of aromatic amines is 1. The Morgan fingerprint density at radius 1 is 1.39 bits per heavy atom. The van der Waals surface area contributed by atoms with Gasteiger partial charge in [-0.05, 0) is 0 Å². The number of hydrogen-bond acceptors (Lipinski definition) is 9. The Morgan fingerprint density at radius 3 is 2.57 bits per heavy atom. The van der Waals surface area contributed by atoms with Crippen molar-refractivity contribution in [2.45, 2.75) is 12.7 Å². The van der Waals surface area contributed by atoms with E-state index >= 15 is 0 Å². The average Bonchev–Trinajstić information content (AvgIpc) is 2.81. The van der Waals surface area contributed by atoms with Crippen LogP contribution >= 0.6 is 0 Å². The van der Waals surface area contributed by atoms with Gasteiger partial charge in [0.05, 0.1) is 12.7 Å². The van der Waals surface area contributed by atoms with Crippen LogP contribution in [0.25, 0.3) is 5.88 Å². The van der Waals surface area contributed by atoms with Crippen molar-refractivity contribution in [2.24, 2.45) is 0 Å². The average molecular weight is 328 g/mol. The number of hydrogen-bond donors (Lipinski definition) is 5. The van der Waals surface area contributed by atoms with E-state index in [4.69, 9.17) is 9.52 Å². The quantitative estimate of drug-likeness (QED) is 0.406. The smallest absolute Gasteiger partial charge is 0.339 e. The molecule has 5 N–H and O–H groups in total. The van der Waals surface area contributed by atoms with Crippen molar-refractivity contribution in [1.82, 2.24) is 9.55 Å². The summed E-state index contributed by atoms with van der Waals surface area (Å²) in [6.07, 6.45) is -1.25. The first-order valence-electron chi connectivity index (χ1n) is 6.08. The van der Waals surface area contributed by atoms with Gasteiger partial charge in [0, 0.05) is 6.20 Å². The molecule has 0 aliphatic heterocycles. The van der Waals surface area contributed by atoms with E-state index in [0.29, 0.717) is 4.57 Å². The molecule has 2 rings (SSSR count). The Kier molecular flexibility index (Phi) is 4.24. The first-order valence-corrected chi connectivity index (χ1v) is 6.08. The minimum Gasteiger partial charge on any atom is -0.502 e. The number of H-pyrrole nitrogens is 1. The van der Waals surface area contributed by atoms with Gasteiger partial charge < -0.3 is 29.6 Å². The van der Waals surface area contributed by atoms with Crippen LogP contribution in [-0.4, -0.2) is 43.1 Å². The summed E-state index contributed by atoms with van der Waals surface area (Å²) in [4.78, 5) is 36.6. The molecule has 0 aromatic carbocycles. The van der Waals surface area contributed by atoms with E-state index in [1.54, 1.807) is 0 Å². The van der Waals surface area contributed by atoms with Crippen LogP contribution in [0.1, 0.15) is 17.4 Å². The van der Waals surface area contributed by atoms with Crippen LogP contribution in [0.5, 0.6) is 11.5 Å². The molecule has 1 unspecified atom stereocenters. The summed E-state index contributed by atoms with van der Waals surface area (Å²) >= 11 is 0. The van der Waals surface area contributed by atoms with Crippen molar-refractivity contribution in [3.63, 3.8) is 0 Å². The van der Waals surface area contributed by atoms with Gasteiger partial charge in [0.1, 0.15) is 6.61 Å². The standard InChI is InChI=1S/C12H12N2O9/c1-22-11(20)6(16)4-2-14(12(21)13-9(4)19)10-8(18)7(17)5(3-15)23-10/h2,6,15-18H,3H2,1H3,(H,13,19,21). The van der Waals surface area contributed by atoms with E-state index in [0.717, 1.165) is 13.3 Å². The van der Waals surface area contributed by atoms with Crippen LogP contribution in [0.15, 0.2) is 20.2 Å². The molecule has 0 fully saturated rings. The number of aliphatic hydroxyl groups excluding tert-OH is 2. The SMILES string of the molecule is COC(=O)C(O)c1cn(-c2oc(CO)c(O)c2O)c(=O)[nH]c1=O. The number of carbonyl (C=O) groups excluding carboxylic acids is 1. The van der Waals surface area contributed by atoms with Gasteiger partial charge in [0.25, 0.3) is 11.4 Å². The molecule has 0 saturated heterocycles. The lowest BCUT2D eigenvalue weighted by molar-refractivity contribution is -0.150. The summed E-state index contributed by atoms with van der Waals surface area (Å²) in [7, 11) is 0.986. The molecular weight excluding hydrogens is 316 g/mol. The number of furan rings is 1. The number of aromatic hydroxyl groups is 2. The summed E-state index contributed by atoms with van der Waals surface area (Å²) in [6, 6.07) is 0. The molecule has 0 saturated carbocycles. The predicted octanol–water partition coefficient (Wildman–Crippen LogP) is -1.77. The molecular formula is C12H12N2O9. The fraction of sp³-hybridized carbons (Fsp3) is 0.250. The number of methoxy groups -OCH3 is 1. The minimum atomic E-state index is -1.99. The zero-order valence-corrected chi connectivity index (χ0v) is 11.6. The van der Waals surface area contributed by atoms with Gasteiger partial charge in [-0.1, -0.05) is 0 Å². The van der Waals surface area contributed by atoms with E-state index in [2.05, 4.69) is 4.74 Å². The van der Waals surface area contributed by atoms with Crippen molar-refractivity contribution in [3.05, 3.63) is 38.4 Å². The highest BCUT2D eigenvalue weighted by Gasteiger charge is 2.26. The number of aromatic nitrogens is 2. The van der Waals surface area contributed by atoms with Gasteiger partial charge >= 0.3 is 11.7 Å². The second kappa shape index (κ2) is 5.98. The van der Waals surface area contributed by atoms with Crippen molar-refractivity contribution in [1.29, 1.82) is 0 Å². The number of ether oxygens (including phenoxy) is 1. The molecule has 0 spiro atoms. The molecule has 2 aromatic rings. The van der Waals surface area contributed by atoms with Gasteiger partial charge in [-0.2, -0.15) is 0 Å². The Balaban J connectivity index is 2.67. The van der Waals surface area contributed by atoms with Gasteiger partial charge in [-0.3, -0.25) is 9.78 Å². The Morgan fingerprint density at radius 2 is 2.04 bits per heavy atom. The fourth-order valence-electron chi connectivity index (χ4n) is 1.79. The number of nitrogens with one attached hydrogen (secondary N) is 1. The number of nitrogens with zero attached hydrogens (tertiary/aromatic N) is 1. The van der Waals surface area contributed by atoms with E-state index in [1.807, 2.05) is 4.98 Å². The van der Waals surface area contributed by atoms with E-state index in [1.165, 1.54) is 0 Å². The molecule has 11 heteroatoms. The highest BCUT2D eigenvalue weighted by Crippen LogP contribution is 2.37. The van der Waals surface area contributed by atoms with E-state index in [-0.39, 0.29) is 0 Å². The Bertz CT molecular complexity index is 860. The summed E-state index contributed by atoms with van der Waals surface area (Å²) in [5.74, 6) is -3.86. The molecule has 0 aliphatic rings. The summed E-state index contributed by atoms with van der Waals surface area (Å²) in [6.45, 7) is -0.769. The van der Waals surface area contributed by atoms with Crippen molar-refractivity contribution >= 4 is 5.97 Å². The normalized spacial score (nSPS) is 12.1. The number of carbonyl (C=O) groups is 1. The first-order chi connectivity index (χ1) is 10.8. The molecule has 0 amide bonds. The minimum absolute atomic E-state index is 0.425. The maximum atomic E-state index is 11.8. The molecule has 2 heterocycles. The van der Waals surface area contributed by atoms with Crippen molar-refractivity contribution in [3.8, 4) is 17.4 Å². The van der Waals surface area contributed by atoms with Gasteiger partial charge in [0.2, 0.25) is 11.5 Å². The molecule has 0 aliphatic carbocycles. The third-order valence-electron chi connectivity index (χ3n) is 2.96. The van der Waals surface area contributed by atoms with Crippen LogP contribution in [0.3, 0.4) is 0 Å². The Labute approximate surface area is 126 Å². The van der Waals surface area contributed by atoms with Gasteiger partial charge in [-0.15, -0.1) is 0 Å². The topological polar surface area (TPSA) is 175 Å². The first kappa shape index (κ1) is 16.3. The lowest BCUT2D eigenvalue weighted by atomic mass is 10.2. The monoisotopic (exact) mass is 328 g/mol. The highest BCUT2D eigenvalue weighted by molar-refractivity contribution is 5.75. The largest absolute Gasteiger partial charge is 0.502 e. The molecule has 0 radical (unpaired) electrons. The lowest BCUT2D eigenvalue weighted by Crippen LogP contribution is -2.33. The predicted molar refractivity (Wildman–Crippen MR) is 71.2 cm³/mol. The summed E-state index contributed by atoms with van der Waals surface area (Å²) < 4.78 is 9.74. The lowest BCUT2D eigenvalue weighted by Gasteiger charge is -2.09. The number of esters is 1. The number of rotatable bonds is 4. The third-order valence-corrected chi connectivity index (χ3v) is 2.96. The molecule has 11 nitrogen and oxygen atoms in total. The van der Waals surface area contributed by atoms with Crippen LogP contribution in [0.4, 0.5) is 0 Å².